The average molecular weight is 429 g/mol. The van der Waals surface area contributed by atoms with E-state index in [2.05, 4.69) is 22.3 Å². The molecule has 1 N–H and O–H groups in total. The molecule has 1 atom stereocenters. The predicted molar refractivity (Wildman–Crippen MR) is 118 cm³/mol. The monoisotopic (exact) mass is 428 g/mol. The molecule has 1 aromatic heterocycles. The van der Waals surface area contributed by atoms with Gasteiger partial charge in [0.2, 0.25) is 5.95 Å². The molecule has 3 rings (SSSR count). The molecule has 2 heterocycles. The summed E-state index contributed by atoms with van der Waals surface area (Å²) in [5, 5.41) is 7.51. The number of unbranched alkanes of at least 4 members (excludes halogenated alkanes) is 5. The van der Waals surface area contributed by atoms with E-state index in [4.69, 9.17) is 14.2 Å². The van der Waals surface area contributed by atoms with Gasteiger partial charge in [-0.15, -0.1) is 0 Å². The summed E-state index contributed by atoms with van der Waals surface area (Å²) < 4.78 is 18.2. The number of methoxy groups -OCH3 is 2. The van der Waals surface area contributed by atoms with Gasteiger partial charge in [-0.25, -0.2) is 9.48 Å². The molecule has 0 aliphatic carbocycles. The van der Waals surface area contributed by atoms with Gasteiger partial charge < -0.3 is 19.5 Å². The zero-order valence-electron chi connectivity index (χ0n) is 18.8. The molecule has 8 nitrogen and oxygen atoms in total. The second-order valence-electron chi connectivity index (χ2n) is 7.61. The first-order valence-electron chi connectivity index (χ1n) is 10.9. The number of hydrogen-bond acceptors (Lipinski definition) is 7. The number of hydrogen-bond donors (Lipinski definition) is 1. The average Bonchev–Trinajstić information content (AvgIpc) is 3.24. The molecule has 0 amide bonds. The van der Waals surface area contributed by atoms with Gasteiger partial charge in [0.05, 0.1) is 26.4 Å². The lowest BCUT2D eigenvalue weighted by Gasteiger charge is -2.28. The number of ether oxygens (including phenoxy) is 3. The number of carbonyl (C=O) groups is 1. The summed E-state index contributed by atoms with van der Waals surface area (Å²) in [4.78, 5) is 17.4. The SMILES string of the molecule is CCCCCCCCOC(=O)C1=C(C)Nc2ncnn2C1c1ccc(OC)c(OC)c1. The van der Waals surface area contributed by atoms with Crippen molar-refractivity contribution in [3.63, 3.8) is 0 Å². The third-order valence-corrected chi connectivity index (χ3v) is 5.47. The summed E-state index contributed by atoms with van der Waals surface area (Å²) >= 11 is 0. The molecule has 0 spiro atoms. The second-order valence-corrected chi connectivity index (χ2v) is 7.61. The zero-order chi connectivity index (χ0) is 22.2. The molecule has 31 heavy (non-hydrogen) atoms. The third-order valence-electron chi connectivity index (χ3n) is 5.47. The predicted octanol–water partition coefficient (Wildman–Crippen LogP) is 4.49. The fraction of sp³-hybridized carbons (Fsp3) is 0.522. The van der Waals surface area contributed by atoms with Gasteiger partial charge in [0, 0.05) is 5.70 Å². The van der Waals surface area contributed by atoms with Crippen LogP contribution in [0, 0.1) is 0 Å². The molecule has 0 saturated carbocycles. The molecule has 1 aliphatic heterocycles. The highest BCUT2D eigenvalue weighted by Crippen LogP contribution is 2.38. The number of esters is 1. The minimum atomic E-state index is -0.476. The Morgan fingerprint density at radius 2 is 1.84 bits per heavy atom. The molecule has 8 heteroatoms. The number of benzene rings is 1. The first-order valence-corrected chi connectivity index (χ1v) is 10.9. The highest BCUT2D eigenvalue weighted by atomic mass is 16.5. The van der Waals surface area contributed by atoms with Crippen LogP contribution in [0.3, 0.4) is 0 Å². The molecular weight excluding hydrogens is 396 g/mol. The number of anilines is 1. The number of nitrogens with one attached hydrogen (secondary N) is 1. The Labute approximate surface area is 183 Å². The second kappa shape index (κ2) is 10.8. The molecule has 1 aromatic carbocycles. The van der Waals surface area contributed by atoms with Crippen LogP contribution in [0.15, 0.2) is 35.8 Å². The van der Waals surface area contributed by atoms with Crippen LogP contribution in [0.5, 0.6) is 11.5 Å². The maximum atomic E-state index is 13.1. The largest absolute Gasteiger partial charge is 0.493 e. The van der Waals surface area contributed by atoms with Gasteiger partial charge in [-0.1, -0.05) is 45.1 Å². The lowest BCUT2D eigenvalue weighted by Crippen LogP contribution is -2.29. The van der Waals surface area contributed by atoms with E-state index < -0.39 is 6.04 Å². The highest BCUT2D eigenvalue weighted by Gasteiger charge is 2.34. The summed E-state index contributed by atoms with van der Waals surface area (Å²) in [5.74, 6) is 1.42. The van der Waals surface area contributed by atoms with E-state index in [1.807, 2.05) is 25.1 Å². The van der Waals surface area contributed by atoms with Crippen LogP contribution >= 0.6 is 0 Å². The summed E-state index contributed by atoms with van der Waals surface area (Å²) in [6.45, 7) is 4.46. The Morgan fingerprint density at radius 1 is 1.10 bits per heavy atom. The molecule has 0 bridgehead atoms. The summed E-state index contributed by atoms with van der Waals surface area (Å²) in [6.07, 6.45) is 8.27. The fourth-order valence-corrected chi connectivity index (χ4v) is 3.81. The summed E-state index contributed by atoms with van der Waals surface area (Å²) in [6, 6.07) is 5.10. The number of allylic oxidation sites excluding steroid dienone is 1. The smallest absolute Gasteiger partial charge is 0.338 e. The lowest BCUT2D eigenvalue weighted by atomic mass is 9.95. The highest BCUT2D eigenvalue weighted by molar-refractivity contribution is 5.92. The number of carbonyl (C=O) groups excluding carboxylic acids is 1. The Morgan fingerprint density at radius 3 is 2.58 bits per heavy atom. The van der Waals surface area contributed by atoms with Crippen LogP contribution in [0.4, 0.5) is 5.95 Å². The fourth-order valence-electron chi connectivity index (χ4n) is 3.81. The van der Waals surface area contributed by atoms with Gasteiger partial charge >= 0.3 is 5.97 Å². The zero-order valence-corrected chi connectivity index (χ0v) is 18.8. The Balaban J connectivity index is 1.80. The molecule has 2 aromatic rings. The summed E-state index contributed by atoms with van der Waals surface area (Å²) in [5.41, 5.74) is 2.04. The Bertz CT molecular complexity index is 922. The summed E-state index contributed by atoms with van der Waals surface area (Å²) in [7, 11) is 3.18. The van der Waals surface area contributed by atoms with E-state index >= 15 is 0 Å². The van der Waals surface area contributed by atoms with Gasteiger partial charge in [-0.2, -0.15) is 10.1 Å². The Hall–Kier alpha value is -3.03. The third kappa shape index (κ3) is 5.18. The quantitative estimate of drug-likeness (QED) is 0.417. The van der Waals surface area contributed by atoms with Gasteiger partial charge in [-0.05, 0) is 31.0 Å². The molecule has 0 radical (unpaired) electrons. The van der Waals surface area contributed by atoms with Crippen molar-refractivity contribution in [2.75, 3.05) is 26.1 Å². The molecular formula is C23H32N4O4. The van der Waals surface area contributed by atoms with Crippen LogP contribution in [-0.2, 0) is 9.53 Å². The van der Waals surface area contributed by atoms with Crippen LogP contribution in [0.2, 0.25) is 0 Å². The molecule has 0 saturated heterocycles. The van der Waals surface area contributed by atoms with E-state index in [0.29, 0.717) is 35.3 Å². The number of aromatic nitrogens is 3. The standard InChI is InChI=1S/C23H32N4O4/c1-5-6-7-8-9-10-13-31-22(28)20-16(2)26-23-24-15-25-27(23)21(20)17-11-12-18(29-3)19(14-17)30-4/h11-12,14-15,21H,5-10,13H2,1-4H3,(H,24,25,26). The van der Waals surface area contributed by atoms with E-state index in [1.54, 1.807) is 18.9 Å². The van der Waals surface area contributed by atoms with Crippen LogP contribution in [-0.4, -0.2) is 41.6 Å². The van der Waals surface area contributed by atoms with Gasteiger partial charge in [0.15, 0.2) is 11.5 Å². The lowest BCUT2D eigenvalue weighted by molar-refractivity contribution is -0.139. The van der Waals surface area contributed by atoms with Crippen LogP contribution in [0.25, 0.3) is 0 Å². The van der Waals surface area contributed by atoms with Crippen LogP contribution < -0.4 is 14.8 Å². The minimum Gasteiger partial charge on any atom is -0.493 e. The number of nitrogens with zero attached hydrogens (tertiary/aromatic N) is 3. The van der Waals surface area contributed by atoms with E-state index in [9.17, 15) is 4.79 Å². The van der Waals surface area contributed by atoms with E-state index in [1.165, 1.54) is 32.0 Å². The van der Waals surface area contributed by atoms with Gasteiger partial charge in [0.1, 0.15) is 12.4 Å². The van der Waals surface area contributed by atoms with Crippen molar-refractivity contribution in [2.24, 2.45) is 0 Å². The normalized spacial score (nSPS) is 15.3. The first kappa shape index (κ1) is 22.7. The van der Waals surface area contributed by atoms with Crippen LogP contribution in [0.1, 0.15) is 64.0 Å². The molecule has 168 valence electrons. The van der Waals surface area contributed by atoms with Crippen molar-refractivity contribution in [1.82, 2.24) is 14.8 Å². The maximum Gasteiger partial charge on any atom is 0.338 e. The molecule has 1 aliphatic rings. The topological polar surface area (TPSA) is 87.5 Å². The Kier molecular flexibility index (Phi) is 7.92. The number of rotatable bonds is 11. The van der Waals surface area contributed by atoms with E-state index in [-0.39, 0.29) is 5.97 Å². The van der Waals surface area contributed by atoms with Crippen molar-refractivity contribution >= 4 is 11.9 Å². The minimum absolute atomic E-state index is 0.348. The van der Waals surface area contributed by atoms with Crippen molar-refractivity contribution in [3.8, 4) is 11.5 Å². The van der Waals surface area contributed by atoms with Crippen molar-refractivity contribution in [3.05, 3.63) is 41.4 Å². The first-order chi connectivity index (χ1) is 15.1. The molecule has 1 unspecified atom stereocenters. The van der Waals surface area contributed by atoms with Gasteiger partial charge in [0.25, 0.3) is 0 Å². The van der Waals surface area contributed by atoms with Crippen molar-refractivity contribution in [1.29, 1.82) is 0 Å². The van der Waals surface area contributed by atoms with Crippen molar-refractivity contribution < 1.29 is 19.0 Å². The van der Waals surface area contributed by atoms with Crippen molar-refractivity contribution in [2.45, 2.75) is 58.4 Å². The maximum absolute atomic E-state index is 13.1. The van der Waals surface area contributed by atoms with Gasteiger partial charge in [-0.3, -0.25) is 0 Å². The van der Waals surface area contributed by atoms with E-state index in [0.717, 1.165) is 18.4 Å². The molecule has 0 fully saturated rings. The number of fused-ring (bicyclic) bond motifs is 1.